The first-order valence-corrected chi connectivity index (χ1v) is 6.92. The Labute approximate surface area is 112 Å². The third kappa shape index (κ3) is 4.65. The van der Waals surface area contributed by atoms with Crippen LogP contribution in [0.2, 0.25) is 0 Å². The van der Waals surface area contributed by atoms with E-state index < -0.39 is 4.92 Å². The summed E-state index contributed by atoms with van der Waals surface area (Å²) >= 11 is 0. The molecule has 1 aromatic heterocycles. The van der Waals surface area contributed by atoms with Crippen molar-refractivity contribution in [2.75, 3.05) is 26.2 Å². The minimum absolute atomic E-state index is 0.190. The maximum absolute atomic E-state index is 10.5. The van der Waals surface area contributed by atoms with Crippen LogP contribution in [0, 0.1) is 10.1 Å². The average molecular weight is 267 g/mol. The monoisotopic (exact) mass is 267 g/mol. The van der Waals surface area contributed by atoms with Gasteiger partial charge in [-0.3, -0.25) is 10.1 Å². The Bertz CT molecular complexity index is 398. The Kier molecular flexibility index (Phi) is 5.35. The van der Waals surface area contributed by atoms with Gasteiger partial charge in [-0.2, -0.15) is 0 Å². The molecule has 106 valence electrons. The van der Waals surface area contributed by atoms with Crippen molar-refractivity contribution in [1.29, 1.82) is 0 Å². The number of nitrogens with zero attached hydrogens (tertiary/aromatic N) is 2. The Morgan fingerprint density at radius 1 is 1.26 bits per heavy atom. The number of nitrogens with one attached hydrogen (secondary N) is 1. The molecule has 0 spiro atoms. The van der Waals surface area contributed by atoms with Gasteiger partial charge in [0.05, 0.1) is 12.6 Å². The Hall–Kier alpha value is -1.40. The lowest BCUT2D eigenvalue weighted by molar-refractivity contribution is -0.402. The second kappa shape index (κ2) is 7.25. The fourth-order valence-corrected chi connectivity index (χ4v) is 2.37. The number of hydrogen-bond donors (Lipinski definition) is 1. The largest absolute Gasteiger partial charge is 0.433 e. The van der Waals surface area contributed by atoms with Gasteiger partial charge in [0, 0.05) is 13.1 Å². The summed E-state index contributed by atoms with van der Waals surface area (Å²) in [6.45, 7) is 4.83. The predicted molar refractivity (Wildman–Crippen MR) is 72.0 cm³/mol. The predicted octanol–water partition coefficient (Wildman–Crippen LogP) is 2.15. The van der Waals surface area contributed by atoms with Crippen molar-refractivity contribution in [1.82, 2.24) is 10.2 Å². The second-order valence-electron chi connectivity index (χ2n) is 4.93. The molecule has 19 heavy (non-hydrogen) atoms. The van der Waals surface area contributed by atoms with Gasteiger partial charge < -0.3 is 14.6 Å². The highest BCUT2D eigenvalue weighted by Crippen LogP contribution is 2.15. The normalized spacial score (nSPS) is 17.3. The maximum atomic E-state index is 10.5. The van der Waals surface area contributed by atoms with E-state index in [1.807, 2.05) is 0 Å². The van der Waals surface area contributed by atoms with Gasteiger partial charge in [-0.15, -0.1) is 0 Å². The lowest BCUT2D eigenvalue weighted by Crippen LogP contribution is -2.32. The first-order chi connectivity index (χ1) is 9.25. The molecule has 1 aromatic rings. The maximum Gasteiger partial charge on any atom is 0.433 e. The zero-order valence-corrected chi connectivity index (χ0v) is 11.1. The molecule has 1 aliphatic heterocycles. The summed E-state index contributed by atoms with van der Waals surface area (Å²) < 4.78 is 5.08. The summed E-state index contributed by atoms with van der Waals surface area (Å²) in [5.41, 5.74) is 0. The highest BCUT2D eigenvalue weighted by Gasteiger charge is 2.11. The molecule has 0 atom stereocenters. The smallest absolute Gasteiger partial charge is 0.404 e. The molecule has 6 nitrogen and oxygen atoms in total. The van der Waals surface area contributed by atoms with Gasteiger partial charge >= 0.3 is 5.88 Å². The van der Waals surface area contributed by atoms with Crippen LogP contribution in [0.15, 0.2) is 16.5 Å². The molecule has 0 saturated carbocycles. The third-order valence-electron chi connectivity index (χ3n) is 3.43. The molecule has 1 aliphatic rings. The van der Waals surface area contributed by atoms with Crippen molar-refractivity contribution >= 4 is 5.88 Å². The molecular weight excluding hydrogens is 246 g/mol. The van der Waals surface area contributed by atoms with E-state index in [0.717, 1.165) is 13.1 Å². The molecule has 0 radical (unpaired) electrons. The molecule has 0 aromatic carbocycles. The van der Waals surface area contributed by atoms with Gasteiger partial charge in [-0.25, -0.2) is 0 Å². The number of likely N-dealkylation sites (tertiary alicyclic amines) is 1. The van der Waals surface area contributed by atoms with Crippen molar-refractivity contribution in [2.45, 2.75) is 32.2 Å². The van der Waals surface area contributed by atoms with Gasteiger partial charge in [0.1, 0.15) is 10.7 Å². The van der Waals surface area contributed by atoms with Crippen molar-refractivity contribution in [3.8, 4) is 0 Å². The van der Waals surface area contributed by atoms with Crippen molar-refractivity contribution in [2.24, 2.45) is 0 Å². The van der Waals surface area contributed by atoms with E-state index in [2.05, 4.69) is 10.2 Å². The molecule has 6 heteroatoms. The van der Waals surface area contributed by atoms with E-state index >= 15 is 0 Å². The molecule has 1 saturated heterocycles. The molecule has 0 aliphatic carbocycles. The zero-order valence-electron chi connectivity index (χ0n) is 11.1. The molecule has 0 bridgehead atoms. The molecular formula is C13H21N3O3. The number of nitro groups is 1. The molecule has 2 rings (SSSR count). The van der Waals surface area contributed by atoms with Gasteiger partial charge in [-0.05, 0) is 32.0 Å². The van der Waals surface area contributed by atoms with E-state index in [1.54, 1.807) is 6.07 Å². The summed E-state index contributed by atoms with van der Waals surface area (Å²) in [7, 11) is 0. The highest BCUT2D eigenvalue weighted by molar-refractivity contribution is 5.17. The zero-order chi connectivity index (χ0) is 13.5. The topological polar surface area (TPSA) is 71.6 Å². The van der Waals surface area contributed by atoms with Gasteiger partial charge in [-0.1, -0.05) is 12.8 Å². The molecule has 1 fully saturated rings. The summed E-state index contributed by atoms with van der Waals surface area (Å²) in [5.74, 6) is 0.423. The van der Waals surface area contributed by atoms with Crippen molar-refractivity contribution in [3.63, 3.8) is 0 Å². The van der Waals surface area contributed by atoms with Crippen LogP contribution < -0.4 is 5.32 Å². The second-order valence-corrected chi connectivity index (χ2v) is 4.93. The van der Waals surface area contributed by atoms with Crippen LogP contribution in [0.3, 0.4) is 0 Å². The summed E-state index contributed by atoms with van der Waals surface area (Å²) in [5, 5.41) is 13.7. The quantitative estimate of drug-likeness (QED) is 0.486. The third-order valence-corrected chi connectivity index (χ3v) is 3.43. The fraction of sp³-hybridized carbons (Fsp3) is 0.692. The van der Waals surface area contributed by atoms with E-state index in [4.69, 9.17) is 4.42 Å². The van der Waals surface area contributed by atoms with E-state index in [0.29, 0.717) is 12.3 Å². The van der Waals surface area contributed by atoms with E-state index in [9.17, 15) is 10.1 Å². The summed E-state index contributed by atoms with van der Waals surface area (Å²) in [4.78, 5) is 12.4. The highest BCUT2D eigenvalue weighted by atomic mass is 16.6. The average Bonchev–Trinajstić information content (AvgIpc) is 2.72. The van der Waals surface area contributed by atoms with Crippen LogP contribution in [0.1, 0.15) is 31.4 Å². The van der Waals surface area contributed by atoms with Crippen LogP contribution in [0.4, 0.5) is 5.88 Å². The first kappa shape index (κ1) is 14.0. The van der Waals surface area contributed by atoms with Crippen LogP contribution >= 0.6 is 0 Å². The molecule has 0 amide bonds. The van der Waals surface area contributed by atoms with Crippen LogP contribution in [-0.2, 0) is 6.54 Å². The lowest BCUT2D eigenvalue weighted by Gasteiger charge is -2.19. The van der Waals surface area contributed by atoms with Gasteiger partial charge in [0.15, 0.2) is 0 Å². The minimum atomic E-state index is -0.513. The summed E-state index contributed by atoms with van der Waals surface area (Å²) in [6.07, 6.45) is 5.29. The van der Waals surface area contributed by atoms with Crippen LogP contribution in [0.25, 0.3) is 0 Å². The number of furan rings is 1. The fourth-order valence-electron chi connectivity index (χ4n) is 2.37. The first-order valence-electron chi connectivity index (χ1n) is 6.92. The SMILES string of the molecule is O=[N+]([O-])c1ccc(CNCCN2CCCCCC2)o1. The van der Waals surface area contributed by atoms with Gasteiger partial charge in [0.25, 0.3) is 0 Å². The Morgan fingerprint density at radius 3 is 2.63 bits per heavy atom. The lowest BCUT2D eigenvalue weighted by atomic mass is 10.2. The van der Waals surface area contributed by atoms with E-state index in [-0.39, 0.29) is 5.88 Å². The Morgan fingerprint density at radius 2 is 2.00 bits per heavy atom. The standard InChI is InChI=1S/C13H21N3O3/c17-16(18)13-6-5-12(19-13)11-14-7-10-15-8-3-1-2-4-9-15/h5-6,14H,1-4,7-11H2. The van der Waals surface area contributed by atoms with E-state index in [1.165, 1.54) is 44.8 Å². The number of hydrogen-bond acceptors (Lipinski definition) is 5. The van der Waals surface area contributed by atoms with Crippen molar-refractivity contribution in [3.05, 3.63) is 28.0 Å². The van der Waals surface area contributed by atoms with Crippen molar-refractivity contribution < 1.29 is 9.34 Å². The Balaban J connectivity index is 1.64. The molecule has 2 heterocycles. The molecule has 0 unspecified atom stereocenters. The van der Waals surface area contributed by atoms with Gasteiger partial charge in [0.2, 0.25) is 0 Å². The minimum Gasteiger partial charge on any atom is -0.404 e. The van der Waals surface area contributed by atoms with Crippen LogP contribution in [-0.4, -0.2) is 36.0 Å². The number of rotatable bonds is 6. The molecule has 1 N–H and O–H groups in total. The van der Waals surface area contributed by atoms with Crippen LogP contribution in [0.5, 0.6) is 0 Å². The summed E-state index contributed by atoms with van der Waals surface area (Å²) in [6, 6.07) is 3.04.